The summed E-state index contributed by atoms with van der Waals surface area (Å²) >= 11 is 0. The van der Waals surface area contributed by atoms with Crippen LogP contribution < -0.4 is 4.74 Å². The molecular formula is C27H46O2. The lowest BCUT2D eigenvalue weighted by Gasteiger charge is -2.38. The second kappa shape index (κ2) is 11.3. The molecule has 0 aromatic heterocycles. The first-order chi connectivity index (χ1) is 13.7. The monoisotopic (exact) mass is 402 g/mol. The zero-order valence-corrected chi connectivity index (χ0v) is 20.1. The molecule has 1 heterocycles. The van der Waals surface area contributed by atoms with Crippen LogP contribution in [0.5, 0.6) is 11.5 Å². The highest BCUT2D eigenvalue weighted by Gasteiger charge is 2.34. The lowest BCUT2D eigenvalue weighted by atomic mass is 9.84. The predicted octanol–water partition coefficient (Wildman–Crippen LogP) is 8.35. The molecule has 0 spiro atoms. The van der Waals surface area contributed by atoms with Crippen molar-refractivity contribution in [1.82, 2.24) is 0 Å². The van der Waals surface area contributed by atoms with Crippen LogP contribution in [0.15, 0.2) is 0 Å². The van der Waals surface area contributed by atoms with Gasteiger partial charge in [0.2, 0.25) is 0 Å². The third-order valence-electron chi connectivity index (χ3n) is 7.08. The van der Waals surface area contributed by atoms with E-state index in [1.54, 1.807) is 0 Å². The molecule has 2 rings (SSSR count). The summed E-state index contributed by atoms with van der Waals surface area (Å²) in [7, 11) is 0. The normalized spacial score (nSPS) is 18.7. The summed E-state index contributed by atoms with van der Waals surface area (Å²) in [5, 5.41) is 10.3. The summed E-state index contributed by atoms with van der Waals surface area (Å²) in [6.07, 6.45) is 17.0. The van der Waals surface area contributed by atoms with Gasteiger partial charge in [0.1, 0.15) is 17.1 Å². The molecule has 1 atom stereocenters. The molecule has 0 aliphatic carbocycles. The van der Waals surface area contributed by atoms with Crippen molar-refractivity contribution in [1.29, 1.82) is 0 Å². The Morgan fingerprint density at radius 2 is 1.38 bits per heavy atom. The predicted molar refractivity (Wildman–Crippen MR) is 125 cm³/mol. The molecule has 0 saturated heterocycles. The third-order valence-corrected chi connectivity index (χ3v) is 7.08. The van der Waals surface area contributed by atoms with Gasteiger partial charge in [-0.25, -0.2) is 0 Å². The molecule has 1 aromatic rings. The number of benzene rings is 1. The van der Waals surface area contributed by atoms with Gasteiger partial charge >= 0.3 is 0 Å². The minimum Gasteiger partial charge on any atom is -0.507 e. The van der Waals surface area contributed by atoms with Gasteiger partial charge in [-0.1, -0.05) is 71.6 Å². The van der Waals surface area contributed by atoms with Crippen molar-refractivity contribution in [2.24, 2.45) is 5.92 Å². The summed E-state index contributed by atoms with van der Waals surface area (Å²) < 4.78 is 6.56. The molecule has 1 aliphatic heterocycles. The first kappa shape index (κ1) is 24.1. The first-order valence-corrected chi connectivity index (χ1v) is 12.3. The Bertz CT molecular complexity index is 647. The largest absolute Gasteiger partial charge is 0.507 e. The van der Waals surface area contributed by atoms with E-state index in [0.29, 0.717) is 5.75 Å². The molecule has 166 valence electrons. The van der Waals surface area contributed by atoms with Crippen molar-refractivity contribution in [3.05, 3.63) is 22.3 Å². The summed E-state index contributed by atoms with van der Waals surface area (Å²) in [4.78, 5) is 0. The van der Waals surface area contributed by atoms with Crippen molar-refractivity contribution in [3.63, 3.8) is 0 Å². The van der Waals surface area contributed by atoms with Gasteiger partial charge in [0.05, 0.1) is 0 Å². The van der Waals surface area contributed by atoms with E-state index in [1.807, 2.05) is 13.8 Å². The molecule has 0 saturated carbocycles. The Morgan fingerprint density at radius 3 is 1.97 bits per heavy atom. The summed E-state index contributed by atoms with van der Waals surface area (Å²) in [6.45, 7) is 13.0. The number of ether oxygens (including phenoxy) is 1. The molecule has 0 bridgehead atoms. The molecule has 1 aromatic carbocycles. The number of rotatable bonds is 12. The van der Waals surface area contributed by atoms with Gasteiger partial charge in [-0.05, 0) is 76.0 Å². The average Bonchev–Trinajstić information content (AvgIpc) is 2.68. The van der Waals surface area contributed by atoms with Crippen LogP contribution in [0.25, 0.3) is 0 Å². The van der Waals surface area contributed by atoms with Crippen molar-refractivity contribution in [3.8, 4) is 11.5 Å². The maximum Gasteiger partial charge on any atom is 0.127 e. The highest BCUT2D eigenvalue weighted by molar-refractivity contribution is 5.58. The van der Waals surface area contributed by atoms with Gasteiger partial charge in [-0.2, -0.15) is 0 Å². The summed E-state index contributed by atoms with van der Waals surface area (Å²) in [5.74, 6) is 2.36. The van der Waals surface area contributed by atoms with E-state index >= 15 is 0 Å². The smallest absolute Gasteiger partial charge is 0.127 e. The van der Waals surface area contributed by atoms with Crippen LogP contribution in [0.3, 0.4) is 0 Å². The quantitative estimate of drug-likeness (QED) is 0.356. The second-order valence-corrected chi connectivity index (χ2v) is 10.2. The number of fused-ring (bicyclic) bond motifs is 1. The number of phenols is 1. The number of hydrogen-bond donors (Lipinski definition) is 1. The molecule has 1 aliphatic rings. The van der Waals surface area contributed by atoms with E-state index in [2.05, 4.69) is 27.7 Å². The zero-order valence-electron chi connectivity index (χ0n) is 20.1. The van der Waals surface area contributed by atoms with Crippen LogP contribution in [-0.2, 0) is 6.42 Å². The SMILES string of the molecule is Cc1c(C)c2c(c(C)c1O)CCC(C)(CCCCCCCCCCCC(C)C)O2. The molecular weight excluding hydrogens is 356 g/mol. The van der Waals surface area contributed by atoms with Crippen LogP contribution >= 0.6 is 0 Å². The molecule has 0 amide bonds. The molecule has 0 fully saturated rings. The average molecular weight is 403 g/mol. The van der Waals surface area contributed by atoms with Gasteiger partial charge in [0.25, 0.3) is 0 Å². The van der Waals surface area contributed by atoms with Crippen molar-refractivity contribution >= 4 is 0 Å². The van der Waals surface area contributed by atoms with Crippen LogP contribution in [0.2, 0.25) is 0 Å². The minimum absolute atomic E-state index is 0.0516. The highest BCUT2D eigenvalue weighted by atomic mass is 16.5. The first-order valence-electron chi connectivity index (χ1n) is 12.3. The van der Waals surface area contributed by atoms with Gasteiger partial charge in [-0.15, -0.1) is 0 Å². The van der Waals surface area contributed by atoms with Gasteiger partial charge in [0, 0.05) is 5.56 Å². The minimum atomic E-state index is -0.0516. The third kappa shape index (κ3) is 6.93. The topological polar surface area (TPSA) is 29.5 Å². The Morgan fingerprint density at radius 1 is 0.828 bits per heavy atom. The standard InChI is InChI=1S/C27H46O2/c1-20(2)16-14-12-10-8-7-9-11-13-15-18-27(6)19-17-24-23(5)25(28)21(3)22(4)26(24)29-27/h20,28H,7-19H2,1-6H3. The highest BCUT2D eigenvalue weighted by Crippen LogP contribution is 2.44. The molecule has 2 nitrogen and oxygen atoms in total. The lowest BCUT2D eigenvalue weighted by Crippen LogP contribution is -2.37. The van der Waals surface area contributed by atoms with Crippen LogP contribution in [0.1, 0.15) is 120 Å². The number of unbranched alkanes of at least 4 members (excludes halogenated alkanes) is 8. The Balaban J connectivity index is 1.66. The number of hydrogen-bond acceptors (Lipinski definition) is 2. The van der Waals surface area contributed by atoms with E-state index in [0.717, 1.165) is 47.6 Å². The van der Waals surface area contributed by atoms with Crippen LogP contribution in [0, 0.1) is 26.7 Å². The fraction of sp³-hybridized carbons (Fsp3) is 0.778. The number of phenolic OH excluding ortho intramolecular Hbond substituents is 1. The zero-order chi connectivity index (χ0) is 21.4. The summed E-state index contributed by atoms with van der Waals surface area (Å²) in [5.41, 5.74) is 4.26. The Hall–Kier alpha value is -1.18. The molecule has 2 heteroatoms. The number of aromatic hydroxyl groups is 1. The van der Waals surface area contributed by atoms with Crippen molar-refractivity contribution < 1.29 is 9.84 Å². The van der Waals surface area contributed by atoms with Crippen LogP contribution in [-0.4, -0.2) is 10.7 Å². The maximum atomic E-state index is 10.3. The molecule has 0 radical (unpaired) electrons. The van der Waals surface area contributed by atoms with Crippen molar-refractivity contribution in [2.75, 3.05) is 0 Å². The second-order valence-electron chi connectivity index (χ2n) is 10.2. The van der Waals surface area contributed by atoms with Gasteiger partial charge in [0.15, 0.2) is 0 Å². The van der Waals surface area contributed by atoms with Crippen molar-refractivity contribution in [2.45, 2.75) is 131 Å². The fourth-order valence-corrected chi connectivity index (χ4v) is 4.76. The molecule has 1 unspecified atom stereocenters. The Labute approximate surface area is 180 Å². The fourth-order valence-electron chi connectivity index (χ4n) is 4.76. The van der Waals surface area contributed by atoms with E-state index in [9.17, 15) is 5.11 Å². The van der Waals surface area contributed by atoms with Gasteiger partial charge < -0.3 is 9.84 Å². The van der Waals surface area contributed by atoms with E-state index in [1.165, 1.54) is 69.8 Å². The molecule has 29 heavy (non-hydrogen) atoms. The van der Waals surface area contributed by atoms with Crippen LogP contribution in [0.4, 0.5) is 0 Å². The van der Waals surface area contributed by atoms with Gasteiger partial charge in [-0.3, -0.25) is 0 Å². The van der Waals surface area contributed by atoms with E-state index < -0.39 is 0 Å². The molecule has 1 N–H and O–H groups in total. The Kier molecular flexibility index (Phi) is 9.37. The van der Waals surface area contributed by atoms with E-state index in [-0.39, 0.29) is 5.60 Å². The maximum absolute atomic E-state index is 10.3. The lowest BCUT2D eigenvalue weighted by molar-refractivity contribution is 0.0521. The van der Waals surface area contributed by atoms with E-state index in [4.69, 9.17) is 4.74 Å². The summed E-state index contributed by atoms with van der Waals surface area (Å²) in [6, 6.07) is 0.